The maximum atomic E-state index is 12.1. The Morgan fingerprint density at radius 1 is 1.24 bits per heavy atom. The number of nitrogens with one attached hydrogen (secondary N) is 1. The quantitative estimate of drug-likeness (QED) is 0.558. The maximum absolute atomic E-state index is 12.1. The molecule has 0 bridgehead atoms. The average Bonchev–Trinajstić information content (AvgIpc) is 2.95. The first kappa shape index (κ1) is 18.7. The Hall–Kier alpha value is -2.63. The Bertz CT molecular complexity index is 720. The topological polar surface area (TPSA) is 81.4 Å². The molecule has 0 atom stereocenters. The smallest absolute Gasteiger partial charge is 0.227 e. The van der Waals surface area contributed by atoms with Gasteiger partial charge in [-0.15, -0.1) is 0 Å². The van der Waals surface area contributed by atoms with E-state index in [0.717, 1.165) is 24.2 Å². The zero-order valence-electron chi connectivity index (χ0n) is 14.9. The summed E-state index contributed by atoms with van der Waals surface area (Å²) in [5.41, 5.74) is 1.37. The van der Waals surface area contributed by atoms with E-state index in [4.69, 9.17) is 9.15 Å². The average molecular weight is 344 g/mol. The van der Waals surface area contributed by atoms with Gasteiger partial charge in [0.15, 0.2) is 0 Å². The van der Waals surface area contributed by atoms with E-state index in [0.29, 0.717) is 23.9 Å². The van der Waals surface area contributed by atoms with Crippen molar-refractivity contribution in [2.45, 2.75) is 39.5 Å². The highest BCUT2D eigenvalue weighted by Gasteiger charge is 2.16. The molecule has 0 fully saturated rings. The summed E-state index contributed by atoms with van der Waals surface area (Å²) in [6.45, 7) is 4.42. The lowest BCUT2D eigenvalue weighted by Gasteiger charge is -2.03. The molecule has 2 rings (SSSR count). The Morgan fingerprint density at radius 3 is 2.60 bits per heavy atom. The van der Waals surface area contributed by atoms with E-state index in [2.05, 4.69) is 10.3 Å². The van der Waals surface area contributed by atoms with E-state index in [9.17, 15) is 9.59 Å². The summed E-state index contributed by atoms with van der Waals surface area (Å²) in [5.74, 6) is 1.37. The number of methoxy groups -OCH3 is 1. The van der Waals surface area contributed by atoms with Gasteiger partial charge >= 0.3 is 0 Å². The molecule has 0 saturated carbocycles. The van der Waals surface area contributed by atoms with Gasteiger partial charge < -0.3 is 14.5 Å². The molecule has 0 saturated heterocycles. The minimum absolute atomic E-state index is 0.0900. The first-order valence-corrected chi connectivity index (χ1v) is 8.42. The van der Waals surface area contributed by atoms with Crippen LogP contribution in [0.3, 0.4) is 0 Å². The summed E-state index contributed by atoms with van der Waals surface area (Å²) < 4.78 is 10.8. The van der Waals surface area contributed by atoms with Crippen LogP contribution in [0.25, 0.3) is 11.5 Å². The minimum atomic E-state index is -0.241. The second-order valence-corrected chi connectivity index (χ2v) is 5.85. The number of Topliss-reactive ketones (excluding diaryl/α,β-unsaturated/α-hetero) is 1. The Balaban J connectivity index is 1.97. The van der Waals surface area contributed by atoms with Crippen molar-refractivity contribution in [3.05, 3.63) is 35.7 Å². The van der Waals surface area contributed by atoms with Crippen molar-refractivity contribution in [2.75, 3.05) is 13.7 Å². The molecule has 6 nitrogen and oxygen atoms in total. The number of oxazole rings is 1. The largest absolute Gasteiger partial charge is 0.497 e. The van der Waals surface area contributed by atoms with E-state index in [1.54, 1.807) is 14.0 Å². The number of rotatable bonds is 9. The zero-order chi connectivity index (χ0) is 18.2. The lowest BCUT2D eigenvalue weighted by atomic mass is 10.1. The van der Waals surface area contributed by atoms with Gasteiger partial charge in [-0.2, -0.15) is 0 Å². The molecule has 0 radical (unpaired) electrons. The number of hydrogen-bond donors (Lipinski definition) is 1. The van der Waals surface area contributed by atoms with Crippen LogP contribution >= 0.6 is 0 Å². The molecule has 1 amide bonds. The molecule has 134 valence electrons. The number of nitrogens with zero attached hydrogens (tertiary/aromatic N) is 1. The van der Waals surface area contributed by atoms with E-state index in [1.165, 1.54) is 0 Å². The van der Waals surface area contributed by atoms with Crippen molar-refractivity contribution in [1.82, 2.24) is 10.3 Å². The van der Waals surface area contributed by atoms with E-state index in [-0.39, 0.29) is 24.5 Å². The fraction of sp³-hybridized carbons (Fsp3) is 0.421. The molecule has 6 heteroatoms. The third kappa shape index (κ3) is 5.45. The summed E-state index contributed by atoms with van der Waals surface area (Å²) in [6.07, 6.45) is 1.87. The first-order valence-electron chi connectivity index (χ1n) is 8.42. The van der Waals surface area contributed by atoms with E-state index >= 15 is 0 Å². The Kier molecular flexibility index (Phi) is 6.74. The van der Waals surface area contributed by atoms with Gasteiger partial charge in [0.05, 0.1) is 25.6 Å². The molecule has 0 unspecified atom stereocenters. The van der Waals surface area contributed by atoms with Crippen LogP contribution in [0, 0.1) is 6.92 Å². The Morgan fingerprint density at radius 2 is 1.96 bits per heavy atom. The molecule has 1 aromatic heterocycles. The number of unbranched alkanes of at least 4 members (excludes halogenated alkanes) is 1. The van der Waals surface area contributed by atoms with Crippen molar-refractivity contribution >= 4 is 11.7 Å². The SMILES string of the molecule is CCCCNC(=O)CC(=O)Cc1nc(-c2ccc(OC)cc2)oc1C. The zero-order valence-corrected chi connectivity index (χ0v) is 14.9. The van der Waals surface area contributed by atoms with Crippen LogP contribution in [0.4, 0.5) is 0 Å². The molecule has 0 aliphatic carbocycles. The first-order chi connectivity index (χ1) is 12.0. The molecule has 1 heterocycles. The number of carbonyl (C=O) groups is 2. The molecular weight excluding hydrogens is 320 g/mol. The van der Waals surface area contributed by atoms with Crippen LogP contribution in [0.1, 0.15) is 37.6 Å². The van der Waals surface area contributed by atoms with Crippen LogP contribution in [0.15, 0.2) is 28.7 Å². The molecule has 2 aromatic rings. The van der Waals surface area contributed by atoms with Crippen molar-refractivity contribution in [3.8, 4) is 17.2 Å². The second kappa shape index (κ2) is 9.01. The summed E-state index contributed by atoms with van der Waals surface area (Å²) in [7, 11) is 1.60. The lowest BCUT2D eigenvalue weighted by Crippen LogP contribution is -2.27. The number of ketones is 1. The molecule has 0 aliphatic heterocycles. The number of aryl methyl sites for hydroxylation is 1. The standard InChI is InChI=1S/C19H24N2O4/c1-4-5-10-20-18(23)12-15(22)11-17-13(2)25-19(21-17)14-6-8-16(24-3)9-7-14/h6-9H,4-5,10-12H2,1-3H3,(H,20,23). The summed E-state index contributed by atoms with van der Waals surface area (Å²) >= 11 is 0. The number of ether oxygens (including phenoxy) is 1. The number of amides is 1. The van der Waals surface area contributed by atoms with Crippen LogP contribution in [-0.4, -0.2) is 30.3 Å². The van der Waals surface area contributed by atoms with E-state index < -0.39 is 0 Å². The summed E-state index contributed by atoms with van der Waals surface area (Å²) in [5, 5.41) is 2.74. The van der Waals surface area contributed by atoms with Crippen molar-refractivity contribution in [2.24, 2.45) is 0 Å². The molecule has 25 heavy (non-hydrogen) atoms. The van der Waals surface area contributed by atoms with Gasteiger partial charge in [-0.1, -0.05) is 13.3 Å². The number of hydrogen-bond acceptors (Lipinski definition) is 5. The van der Waals surface area contributed by atoms with Crippen LogP contribution in [0.5, 0.6) is 5.75 Å². The summed E-state index contributed by atoms with van der Waals surface area (Å²) in [6, 6.07) is 7.33. The lowest BCUT2D eigenvalue weighted by molar-refractivity contribution is -0.127. The van der Waals surface area contributed by atoms with Gasteiger partial charge in [0.25, 0.3) is 0 Å². The monoisotopic (exact) mass is 344 g/mol. The third-order valence-corrected chi connectivity index (χ3v) is 3.80. The molecular formula is C19H24N2O4. The molecule has 0 spiro atoms. The normalized spacial score (nSPS) is 10.5. The highest BCUT2D eigenvalue weighted by Crippen LogP contribution is 2.24. The second-order valence-electron chi connectivity index (χ2n) is 5.85. The van der Waals surface area contributed by atoms with Crippen molar-refractivity contribution in [1.29, 1.82) is 0 Å². The molecule has 1 N–H and O–H groups in total. The van der Waals surface area contributed by atoms with Gasteiger partial charge in [0.1, 0.15) is 17.3 Å². The van der Waals surface area contributed by atoms with Crippen molar-refractivity contribution < 1.29 is 18.7 Å². The fourth-order valence-electron chi connectivity index (χ4n) is 2.34. The number of aromatic nitrogens is 1. The van der Waals surface area contributed by atoms with Crippen LogP contribution in [0.2, 0.25) is 0 Å². The van der Waals surface area contributed by atoms with Gasteiger partial charge in [0.2, 0.25) is 11.8 Å². The Labute approximate surface area is 147 Å². The third-order valence-electron chi connectivity index (χ3n) is 3.80. The molecule has 0 aliphatic rings. The number of carbonyl (C=O) groups excluding carboxylic acids is 2. The van der Waals surface area contributed by atoms with Crippen molar-refractivity contribution in [3.63, 3.8) is 0 Å². The van der Waals surface area contributed by atoms with Gasteiger partial charge in [-0.05, 0) is 37.6 Å². The predicted molar refractivity (Wildman–Crippen MR) is 94.5 cm³/mol. The van der Waals surface area contributed by atoms with Gasteiger partial charge in [0, 0.05) is 12.1 Å². The van der Waals surface area contributed by atoms with Crippen LogP contribution in [-0.2, 0) is 16.0 Å². The van der Waals surface area contributed by atoms with Gasteiger partial charge in [-0.25, -0.2) is 4.98 Å². The number of benzene rings is 1. The minimum Gasteiger partial charge on any atom is -0.497 e. The van der Waals surface area contributed by atoms with Crippen LogP contribution < -0.4 is 10.1 Å². The van der Waals surface area contributed by atoms with E-state index in [1.807, 2.05) is 31.2 Å². The highest BCUT2D eigenvalue weighted by atomic mass is 16.5. The predicted octanol–water partition coefficient (Wildman–Crippen LogP) is 3.08. The maximum Gasteiger partial charge on any atom is 0.227 e. The summed E-state index contributed by atoms with van der Waals surface area (Å²) in [4.78, 5) is 28.2. The highest BCUT2D eigenvalue weighted by molar-refractivity contribution is 5.98. The fourth-order valence-corrected chi connectivity index (χ4v) is 2.34. The molecule has 1 aromatic carbocycles. The van der Waals surface area contributed by atoms with Gasteiger partial charge in [-0.3, -0.25) is 9.59 Å².